The van der Waals surface area contributed by atoms with Gasteiger partial charge in [0.1, 0.15) is 11.6 Å². The summed E-state index contributed by atoms with van der Waals surface area (Å²) in [6.07, 6.45) is 1.75. The SMILES string of the molecule is Cc1ccc(OCCC(=O)Nc2ccc(Cl)cn2)c(C)c1. The van der Waals surface area contributed by atoms with Crippen LogP contribution in [0.25, 0.3) is 0 Å². The summed E-state index contributed by atoms with van der Waals surface area (Å²) >= 11 is 5.73. The number of carbonyl (C=O) groups excluding carboxylic acids is 1. The molecule has 2 aromatic rings. The van der Waals surface area contributed by atoms with Gasteiger partial charge in [-0.05, 0) is 37.6 Å². The second kappa shape index (κ2) is 7.09. The molecule has 5 heteroatoms. The maximum Gasteiger partial charge on any atom is 0.228 e. The molecule has 2 rings (SSSR count). The van der Waals surface area contributed by atoms with Gasteiger partial charge in [0.2, 0.25) is 5.91 Å². The van der Waals surface area contributed by atoms with Gasteiger partial charge in [-0.3, -0.25) is 4.79 Å². The summed E-state index contributed by atoms with van der Waals surface area (Å²) in [6, 6.07) is 9.29. The Morgan fingerprint density at radius 2 is 2.10 bits per heavy atom. The summed E-state index contributed by atoms with van der Waals surface area (Å²) in [5.41, 5.74) is 2.25. The van der Waals surface area contributed by atoms with Gasteiger partial charge < -0.3 is 10.1 Å². The number of nitrogens with one attached hydrogen (secondary N) is 1. The first-order valence-corrected chi connectivity index (χ1v) is 7.04. The van der Waals surface area contributed by atoms with Crippen LogP contribution < -0.4 is 10.1 Å². The van der Waals surface area contributed by atoms with E-state index in [9.17, 15) is 4.79 Å². The number of ether oxygens (including phenoxy) is 1. The predicted molar refractivity (Wildman–Crippen MR) is 83.9 cm³/mol. The van der Waals surface area contributed by atoms with E-state index in [1.54, 1.807) is 12.1 Å². The summed E-state index contributed by atoms with van der Waals surface area (Å²) in [4.78, 5) is 15.8. The average molecular weight is 305 g/mol. The van der Waals surface area contributed by atoms with Gasteiger partial charge in [0.05, 0.1) is 18.1 Å². The van der Waals surface area contributed by atoms with Gasteiger partial charge in [0.25, 0.3) is 0 Å². The fraction of sp³-hybridized carbons (Fsp3) is 0.250. The average Bonchev–Trinajstić information content (AvgIpc) is 2.44. The van der Waals surface area contributed by atoms with Crippen molar-refractivity contribution in [2.75, 3.05) is 11.9 Å². The molecule has 0 atom stereocenters. The van der Waals surface area contributed by atoms with Crippen LogP contribution in [0.5, 0.6) is 5.75 Å². The summed E-state index contributed by atoms with van der Waals surface area (Å²) in [6.45, 7) is 4.34. The van der Waals surface area contributed by atoms with Crippen molar-refractivity contribution in [3.8, 4) is 5.75 Å². The van der Waals surface area contributed by atoms with Crippen LogP contribution in [0.15, 0.2) is 36.5 Å². The lowest BCUT2D eigenvalue weighted by Gasteiger charge is -2.09. The molecule has 1 amide bonds. The molecule has 0 aliphatic carbocycles. The number of benzene rings is 1. The highest BCUT2D eigenvalue weighted by molar-refractivity contribution is 6.30. The monoisotopic (exact) mass is 304 g/mol. The first kappa shape index (κ1) is 15.3. The number of nitrogens with zero attached hydrogens (tertiary/aromatic N) is 1. The number of hydrogen-bond donors (Lipinski definition) is 1. The van der Waals surface area contributed by atoms with Gasteiger partial charge >= 0.3 is 0 Å². The Labute approximate surface area is 129 Å². The minimum Gasteiger partial charge on any atom is -0.493 e. The van der Waals surface area contributed by atoms with Gasteiger partial charge in [-0.25, -0.2) is 4.98 Å². The fourth-order valence-electron chi connectivity index (χ4n) is 1.87. The lowest BCUT2D eigenvalue weighted by Crippen LogP contribution is -2.16. The number of hydrogen-bond acceptors (Lipinski definition) is 3. The van der Waals surface area contributed by atoms with Gasteiger partial charge in [-0.2, -0.15) is 0 Å². The fourth-order valence-corrected chi connectivity index (χ4v) is 1.98. The molecule has 0 spiro atoms. The van der Waals surface area contributed by atoms with Crippen molar-refractivity contribution in [1.29, 1.82) is 0 Å². The Balaban J connectivity index is 1.80. The Morgan fingerprint density at radius 3 is 2.76 bits per heavy atom. The topological polar surface area (TPSA) is 51.2 Å². The minimum absolute atomic E-state index is 0.144. The molecule has 4 nitrogen and oxygen atoms in total. The van der Waals surface area contributed by atoms with Crippen LogP contribution >= 0.6 is 11.6 Å². The maximum atomic E-state index is 11.8. The van der Waals surface area contributed by atoms with E-state index in [0.29, 0.717) is 17.4 Å². The molecule has 110 valence electrons. The van der Waals surface area contributed by atoms with E-state index in [1.807, 2.05) is 32.0 Å². The number of aromatic nitrogens is 1. The number of aryl methyl sites for hydroxylation is 2. The third-order valence-electron chi connectivity index (χ3n) is 2.91. The third-order valence-corrected chi connectivity index (χ3v) is 3.14. The highest BCUT2D eigenvalue weighted by Crippen LogP contribution is 2.18. The van der Waals surface area contributed by atoms with Crippen LogP contribution in [0.4, 0.5) is 5.82 Å². The van der Waals surface area contributed by atoms with E-state index in [1.165, 1.54) is 11.8 Å². The standard InChI is InChI=1S/C16H17ClN2O2/c1-11-3-5-14(12(2)9-11)21-8-7-16(20)19-15-6-4-13(17)10-18-15/h3-6,9-10H,7-8H2,1-2H3,(H,18,19,20). The quantitative estimate of drug-likeness (QED) is 0.915. The smallest absolute Gasteiger partial charge is 0.228 e. The van der Waals surface area contributed by atoms with E-state index >= 15 is 0 Å². The van der Waals surface area contributed by atoms with E-state index < -0.39 is 0 Å². The van der Waals surface area contributed by atoms with E-state index in [0.717, 1.165) is 11.3 Å². The molecular formula is C16H17ClN2O2. The molecule has 1 heterocycles. The van der Waals surface area contributed by atoms with Crippen molar-refractivity contribution >= 4 is 23.3 Å². The van der Waals surface area contributed by atoms with E-state index in [2.05, 4.69) is 10.3 Å². The lowest BCUT2D eigenvalue weighted by molar-refractivity contribution is -0.116. The van der Waals surface area contributed by atoms with Crippen LogP contribution in [-0.2, 0) is 4.79 Å². The summed E-state index contributed by atoms with van der Waals surface area (Å²) in [5, 5.41) is 3.22. The Bertz CT molecular complexity index is 627. The molecule has 1 aromatic carbocycles. The third kappa shape index (κ3) is 4.76. The predicted octanol–water partition coefficient (Wildman–Crippen LogP) is 3.76. The van der Waals surface area contributed by atoms with Crippen molar-refractivity contribution < 1.29 is 9.53 Å². The molecule has 0 aliphatic heterocycles. The van der Waals surface area contributed by atoms with E-state index in [-0.39, 0.29) is 12.3 Å². The van der Waals surface area contributed by atoms with Crippen molar-refractivity contribution in [3.05, 3.63) is 52.7 Å². The lowest BCUT2D eigenvalue weighted by atomic mass is 10.1. The first-order chi connectivity index (χ1) is 10.0. The van der Waals surface area contributed by atoms with Crippen LogP contribution in [0.1, 0.15) is 17.5 Å². The van der Waals surface area contributed by atoms with Crippen LogP contribution in [0.3, 0.4) is 0 Å². The zero-order valence-corrected chi connectivity index (χ0v) is 12.8. The molecule has 0 saturated heterocycles. The van der Waals surface area contributed by atoms with Gasteiger partial charge in [-0.15, -0.1) is 0 Å². The van der Waals surface area contributed by atoms with Crippen molar-refractivity contribution in [1.82, 2.24) is 4.98 Å². The summed E-state index contributed by atoms with van der Waals surface area (Å²) in [5.74, 6) is 1.14. The largest absolute Gasteiger partial charge is 0.493 e. The Kier molecular flexibility index (Phi) is 5.17. The molecule has 0 saturated carbocycles. The van der Waals surface area contributed by atoms with Crippen molar-refractivity contribution in [2.24, 2.45) is 0 Å². The van der Waals surface area contributed by atoms with Crippen LogP contribution in [0, 0.1) is 13.8 Å². The number of anilines is 1. The van der Waals surface area contributed by atoms with Gasteiger partial charge in [-0.1, -0.05) is 29.3 Å². The second-order valence-electron chi connectivity index (χ2n) is 4.78. The van der Waals surface area contributed by atoms with Gasteiger partial charge in [0.15, 0.2) is 0 Å². The van der Waals surface area contributed by atoms with Crippen molar-refractivity contribution in [2.45, 2.75) is 20.3 Å². The summed E-state index contributed by atoms with van der Waals surface area (Å²) < 4.78 is 5.62. The number of pyridine rings is 1. The highest BCUT2D eigenvalue weighted by Gasteiger charge is 2.05. The number of rotatable bonds is 5. The van der Waals surface area contributed by atoms with Crippen LogP contribution in [0.2, 0.25) is 5.02 Å². The van der Waals surface area contributed by atoms with E-state index in [4.69, 9.17) is 16.3 Å². The Hall–Kier alpha value is -2.07. The second-order valence-corrected chi connectivity index (χ2v) is 5.21. The number of halogens is 1. The molecule has 0 aliphatic rings. The van der Waals surface area contributed by atoms with Gasteiger partial charge in [0, 0.05) is 6.20 Å². The highest BCUT2D eigenvalue weighted by atomic mass is 35.5. The molecule has 0 radical (unpaired) electrons. The molecule has 21 heavy (non-hydrogen) atoms. The normalized spacial score (nSPS) is 10.2. The minimum atomic E-state index is -0.144. The molecule has 0 fully saturated rings. The zero-order chi connectivity index (χ0) is 15.2. The zero-order valence-electron chi connectivity index (χ0n) is 12.0. The van der Waals surface area contributed by atoms with Crippen molar-refractivity contribution in [3.63, 3.8) is 0 Å². The maximum absolute atomic E-state index is 11.8. The molecule has 1 aromatic heterocycles. The molecular weight excluding hydrogens is 288 g/mol. The number of carbonyl (C=O) groups is 1. The summed E-state index contributed by atoms with van der Waals surface area (Å²) in [7, 11) is 0. The molecule has 0 bridgehead atoms. The number of amides is 1. The van der Waals surface area contributed by atoms with Crippen LogP contribution in [-0.4, -0.2) is 17.5 Å². The molecule has 1 N–H and O–H groups in total. The Morgan fingerprint density at radius 1 is 1.29 bits per heavy atom. The molecule has 0 unspecified atom stereocenters. The first-order valence-electron chi connectivity index (χ1n) is 6.66.